The molecule has 0 aliphatic heterocycles. The number of rotatable bonds is 6. The number of hydrogen-bond acceptors (Lipinski definition) is 4. The molecule has 0 atom stereocenters. The van der Waals surface area contributed by atoms with Gasteiger partial charge in [0.15, 0.2) is 0 Å². The number of primary sulfonamides is 1. The fourth-order valence-corrected chi connectivity index (χ4v) is 2.75. The molecule has 0 radical (unpaired) electrons. The van der Waals surface area contributed by atoms with Gasteiger partial charge in [-0.25, -0.2) is 13.6 Å². The zero-order valence-corrected chi connectivity index (χ0v) is 15.2. The van der Waals surface area contributed by atoms with Crippen molar-refractivity contribution in [3.05, 3.63) is 54.1 Å². The van der Waals surface area contributed by atoms with Crippen LogP contribution < -0.4 is 15.8 Å². The summed E-state index contributed by atoms with van der Waals surface area (Å²) in [6, 6.07) is 12.5. The van der Waals surface area contributed by atoms with Crippen molar-refractivity contribution < 1.29 is 18.0 Å². The van der Waals surface area contributed by atoms with Crippen molar-refractivity contribution in [1.82, 2.24) is 0 Å². The maximum Gasteiger partial charge on any atom is 0.314 e. The summed E-state index contributed by atoms with van der Waals surface area (Å²) in [5.41, 5.74) is 1.98. The van der Waals surface area contributed by atoms with Crippen LogP contribution in [0.2, 0.25) is 0 Å². The van der Waals surface area contributed by atoms with Gasteiger partial charge in [0.1, 0.15) is 0 Å². The van der Waals surface area contributed by atoms with Crippen LogP contribution in [0.1, 0.15) is 25.3 Å². The fourth-order valence-electron chi connectivity index (χ4n) is 2.24. The van der Waals surface area contributed by atoms with Gasteiger partial charge in [0, 0.05) is 11.4 Å². The molecular weight excluding hydrogens is 354 g/mol. The van der Waals surface area contributed by atoms with Gasteiger partial charge in [-0.2, -0.15) is 0 Å². The molecule has 7 nitrogen and oxygen atoms in total. The molecule has 0 fully saturated rings. The van der Waals surface area contributed by atoms with Gasteiger partial charge in [-0.1, -0.05) is 25.5 Å². The molecule has 0 aliphatic rings. The summed E-state index contributed by atoms with van der Waals surface area (Å²) >= 11 is 0. The van der Waals surface area contributed by atoms with Crippen molar-refractivity contribution >= 4 is 33.2 Å². The quantitative estimate of drug-likeness (QED) is 0.671. The highest BCUT2D eigenvalue weighted by Crippen LogP contribution is 2.14. The van der Waals surface area contributed by atoms with E-state index in [1.54, 1.807) is 12.1 Å². The Hall–Kier alpha value is -2.71. The van der Waals surface area contributed by atoms with Crippen molar-refractivity contribution in [2.45, 2.75) is 31.1 Å². The summed E-state index contributed by atoms with van der Waals surface area (Å²) in [6.45, 7) is 2.12. The van der Waals surface area contributed by atoms with E-state index < -0.39 is 21.8 Å². The zero-order valence-electron chi connectivity index (χ0n) is 14.4. The molecule has 0 aliphatic carbocycles. The number of carbonyl (C=O) groups is 2. The van der Waals surface area contributed by atoms with E-state index in [0.29, 0.717) is 5.69 Å². The Kier molecular flexibility index (Phi) is 6.48. The summed E-state index contributed by atoms with van der Waals surface area (Å²) in [6.07, 6.45) is 3.18. The lowest BCUT2D eigenvalue weighted by Gasteiger charge is -2.08. The molecule has 0 aromatic heterocycles. The van der Waals surface area contributed by atoms with Gasteiger partial charge < -0.3 is 10.6 Å². The normalized spacial score (nSPS) is 11.0. The maximum atomic E-state index is 12.0. The van der Waals surface area contributed by atoms with Gasteiger partial charge in [0.25, 0.3) is 0 Å². The van der Waals surface area contributed by atoms with Crippen LogP contribution in [0.25, 0.3) is 0 Å². The molecule has 4 N–H and O–H groups in total. The molecule has 2 rings (SSSR count). The van der Waals surface area contributed by atoms with E-state index in [-0.39, 0.29) is 10.6 Å². The van der Waals surface area contributed by atoms with Gasteiger partial charge in [-0.15, -0.1) is 0 Å². The maximum absolute atomic E-state index is 12.0. The molecule has 26 heavy (non-hydrogen) atoms. The lowest BCUT2D eigenvalue weighted by molar-refractivity contribution is -0.132. The SMILES string of the molecule is CCCCc1ccc(NC(=O)C(=O)Nc2ccc(S(N)(=O)=O)cc2)cc1. The van der Waals surface area contributed by atoms with Crippen LogP contribution in [0, 0.1) is 0 Å². The minimum atomic E-state index is -3.81. The molecular formula is C18H21N3O4S. The first kappa shape index (κ1) is 19.6. The van der Waals surface area contributed by atoms with Crippen molar-refractivity contribution in [2.24, 2.45) is 5.14 Å². The van der Waals surface area contributed by atoms with Crippen LogP contribution in [0.15, 0.2) is 53.4 Å². The van der Waals surface area contributed by atoms with Gasteiger partial charge in [0.05, 0.1) is 4.90 Å². The summed E-state index contributed by atoms with van der Waals surface area (Å²) in [7, 11) is -3.81. The molecule has 0 heterocycles. The molecule has 138 valence electrons. The lowest BCUT2D eigenvalue weighted by Crippen LogP contribution is -2.29. The topological polar surface area (TPSA) is 118 Å². The monoisotopic (exact) mass is 375 g/mol. The molecule has 2 aromatic rings. The van der Waals surface area contributed by atoms with E-state index in [4.69, 9.17) is 5.14 Å². The van der Waals surface area contributed by atoms with E-state index in [1.165, 1.54) is 29.8 Å². The minimum absolute atomic E-state index is 0.0805. The Balaban J connectivity index is 1.94. The number of aryl methyl sites for hydroxylation is 1. The average molecular weight is 375 g/mol. The second-order valence-corrected chi connectivity index (χ2v) is 7.34. The Bertz CT molecular complexity index is 876. The van der Waals surface area contributed by atoms with E-state index in [2.05, 4.69) is 17.6 Å². The van der Waals surface area contributed by atoms with E-state index in [9.17, 15) is 18.0 Å². The first-order valence-electron chi connectivity index (χ1n) is 8.13. The number of nitrogens with one attached hydrogen (secondary N) is 2. The van der Waals surface area contributed by atoms with Crippen LogP contribution in [0.5, 0.6) is 0 Å². The third kappa shape index (κ3) is 5.68. The summed E-state index contributed by atoms with van der Waals surface area (Å²) in [4.78, 5) is 23.8. The molecule has 0 saturated heterocycles. The first-order valence-corrected chi connectivity index (χ1v) is 9.68. The Labute approximate surface area is 152 Å². The van der Waals surface area contributed by atoms with E-state index >= 15 is 0 Å². The number of nitrogens with two attached hydrogens (primary N) is 1. The molecule has 0 spiro atoms. The number of amides is 2. The molecule has 2 amide bonds. The predicted molar refractivity (Wildman–Crippen MR) is 100 cm³/mol. The van der Waals surface area contributed by atoms with Gasteiger partial charge in [0.2, 0.25) is 10.0 Å². The standard InChI is InChI=1S/C18H21N3O4S/c1-2-3-4-13-5-7-14(8-6-13)20-17(22)18(23)21-15-9-11-16(12-10-15)26(19,24)25/h5-12H,2-4H2,1H3,(H,20,22)(H,21,23)(H2,19,24,25). The highest BCUT2D eigenvalue weighted by Gasteiger charge is 2.15. The third-order valence-corrected chi connectivity index (χ3v) is 4.61. The molecule has 0 unspecified atom stereocenters. The Morgan fingerprint density at radius 3 is 1.77 bits per heavy atom. The van der Waals surface area contributed by atoms with Gasteiger partial charge in [-0.3, -0.25) is 9.59 Å². The summed E-state index contributed by atoms with van der Waals surface area (Å²) in [5, 5.41) is 9.91. The number of benzene rings is 2. The first-order chi connectivity index (χ1) is 12.3. The highest BCUT2D eigenvalue weighted by molar-refractivity contribution is 7.89. The predicted octanol–water partition coefficient (Wildman–Crippen LogP) is 2.25. The molecule has 0 bridgehead atoms. The third-order valence-electron chi connectivity index (χ3n) is 3.68. The molecule has 8 heteroatoms. The average Bonchev–Trinajstić information content (AvgIpc) is 2.60. The van der Waals surface area contributed by atoms with E-state index in [0.717, 1.165) is 19.3 Å². The molecule has 0 saturated carbocycles. The van der Waals surface area contributed by atoms with E-state index in [1.807, 2.05) is 12.1 Å². The Morgan fingerprint density at radius 2 is 1.35 bits per heavy atom. The van der Waals surface area contributed by atoms with Crippen LogP contribution in [0.4, 0.5) is 11.4 Å². The molecule has 2 aromatic carbocycles. The number of sulfonamides is 1. The van der Waals surface area contributed by atoms with Crippen molar-refractivity contribution in [3.8, 4) is 0 Å². The number of hydrogen-bond donors (Lipinski definition) is 3. The summed E-state index contributed by atoms with van der Waals surface area (Å²) < 4.78 is 22.4. The second kappa shape index (κ2) is 8.59. The van der Waals surface area contributed by atoms with Crippen LogP contribution in [-0.4, -0.2) is 20.2 Å². The van der Waals surface area contributed by atoms with Crippen molar-refractivity contribution in [3.63, 3.8) is 0 Å². The number of unbranched alkanes of at least 4 members (excludes halogenated alkanes) is 1. The minimum Gasteiger partial charge on any atom is -0.318 e. The smallest absolute Gasteiger partial charge is 0.314 e. The second-order valence-electron chi connectivity index (χ2n) is 5.78. The summed E-state index contributed by atoms with van der Waals surface area (Å²) in [5.74, 6) is -1.68. The fraction of sp³-hybridized carbons (Fsp3) is 0.222. The van der Waals surface area contributed by atoms with Crippen LogP contribution >= 0.6 is 0 Å². The number of anilines is 2. The number of carbonyl (C=O) groups excluding carboxylic acids is 2. The van der Waals surface area contributed by atoms with Crippen LogP contribution in [-0.2, 0) is 26.0 Å². The Morgan fingerprint density at radius 1 is 0.885 bits per heavy atom. The lowest BCUT2D eigenvalue weighted by atomic mass is 10.1. The highest BCUT2D eigenvalue weighted by atomic mass is 32.2. The largest absolute Gasteiger partial charge is 0.318 e. The van der Waals surface area contributed by atoms with Crippen molar-refractivity contribution in [1.29, 1.82) is 0 Å². The van der Waals surface area contributed by atoms with Gasteiger partial charge in [-0.05, 0) is 54.8 Å². The van der Waals surface area contributed by atoms with Crippen molar-refractivity contribution in [2.75, 3.05) is 10.6 Å². The van der Waals surface area contributed by atoms with Gasteiger partial charge >= 0.3 is 11.8 Å². The zero-order chi connectivity index (χ0) is 19.2. The van der Waals surface area contributed by atoms with Crippen LogP contribution in [0.3, 0.4) is 0 Å².